The molecule has 1 aromatic rings. The van der Waals surface area contributed by atoms with Crippen LogP contribution in [0.25, 0.3) is 0 Å². The van der Waals surface area contributed by atoms with Crippen LogP contribution in [0.1, 0.15) is 31.0 Å². The van der Waals surface area contributed by atoms with Crippen LogP contribution in [-0.2, 0) is 6.54 Å². The summed E-state index contributed by atoms with van der Waals surface area (Å²) in [5.41, 5.74) is 8.47. The molecule has 1 atom stereocenters. The van der Waals surface area contributed by atoms with E-state index in [2.05, 4.69) is 41.0 Å². The molecule has 1 aliphatic rings. The molecule has 3 heteroatoms. The summed E-state index contributed by atoms with van der Waals surface area (Å²) in [6, 6.07) is 8.87. The molecule has 1 aromatic carbocycles. The van der Waals surface area contributed by atoms with Crippen LogP contribution >= 0.6 is 0 Å². The zero-order valence-corrected chi connectivity index (χ0v) is 11.6. The van der Waals surface area contributed by atoms with Crippen molar-refractivity contribution in [2.24, 2.45) is 5.73 Å². The van der Waals surface area contributed by atoms with E-state index < -0.39 is 0 Å². The number of piperazine rings is 1. The molecule has 0 bridgehead atoms. The first-order valence-electron chi connectivity index (χ1n) is 6.98. The zero-order chi connectivity index (χ0) is 13.0. The molecule has 0 spiro atoms. The van der Waals surface area contributed by atoms with Gasteiger partial charge in [0.15, 0.2) is 0 Å². The van der Waals surface area contributed by atoms with Gasteiger partial charge in [-0.25, -0.2) is 0 Å². The quantitative estimate of drug-likeness (QED) is 0.881. The molecule has 100 valence electrons. The third-order valence-corrected chi connectivity index (χ3v) is 3.82. The first-order valence-corrected chi connectivity index (χ1v) is 6.98. The Labute approximate surface area is 111 Å². The van der Waals surface area contributed by atoms with Gasteiger partial charge in [-0.1, -0.05) is 31.2 Å². The summed E-state index contributed by atoms with van der Waals surface area (Å²) in [6.07, 6.45) is 0. The van der Waals surface area contributed by atoms with Crippen LogP contribution in [0.15, 0.2) is 24.3 Å². The maximum absolute atomic E-state index is 5.86. The molecule has 1 saturated heterocycles. The minimum atomic E-state index is 0.132. The number of benzene rings is 1. The lowest BCUT2D eigenvalue weighted by Crippen LogP contribution is -2.45. The van der Waals surface area contributed by atoms with E-state index >= 15 is 0 Å². The lowest BCUT2D eigenvalue weighted by Gasteiger charge is -2.34. The fourth-order valence-electron chi connectivity index (χ4n) is 2.45. The van der Waals surface area contributed by atoms with Crippen molar-refractivity contribution in [3.05, 3.63) is 35.4 Å². The van der Waals surface area contributed by atoms with Gasteiger partial charge in [-0.15, -0.1) is 0 Å². The largest absolute Gasteiger partial charge is 0.324 e. The average molecular weight is 247 g/mol. The highest BCUT2D eigenvalue weighted by Crippen LogP contribution is 2.13. The van der Waals surface area contributed by atoms with Crippen LogP contribution in [0.5, 0.6) is 0 Å². The minimum Gasteiger partial charge on any atom is -0.324 e. The molecule has 2 N–H and O–H groups in total. The summed E-state index contributed by atoms with van der Waals surface area (Å²) in [5, 5.41) is 0. The fourth-order valence-corrected chi connectivity index (χ4v) is 2.45. The minimum absolute atomic E-state index is 0.132. The van der Waals surface area contributed by atoms with Gasteiger partial charge in [0.25, 0.3) is 0 Å². The van der Waals surface area contributed by atoms with Crippen molar-refractivity contribution < 1.29 is 0 Å². The molecule has 2 rings (SSSR count). The van der Waals surface area contributed by atoms with E-state index in [9.17, 15) is 0 Å². The first-order chi connectivity index (χ1) is 8.69. The highest BCUT2D eigenvalue weighted by atomic mass is 15.3. The van der Waals surface area contributed by atoms with E-state index in [-0.39, 0.29) is 6.04 Å². The molecule has 0 radical (unpaired) electrons. The second-order valence-electron chi connectivity index (χ2n) is 5.24. The molecule has 1 heterocycles. The highest BCUT2D eigenvalue weighted by molar-refractivity contribution is 5.24. The van der Waals surface area contributed by atoms with Gasteiger partial charge in [-0.2, -0.15) is 0 Å². The van der Waals surface area contributed by atoms with E-state index in [1.807, 2.05) is 6.92 Å². The predicted octanol–water partition coefficient (Wildman–Crippen LogP) is 1.84. The lowest BCUT2D eigenvalue weighted by atomic mass is 10.1. The second-order valence-corrected chi connectivity index (χ2v) is 5.24. The van der Waals surface area contributed by atoms with E-state index in [1.165, 1.54) is 43.9 Å². The summed E-state index contributed by atoms with van der Waals surface area (Å²) in [7, 11) is 0. The second kappa shape index (κ2) is 6.32. The molecule has 1 fully saturated rings. The number of hydrogen-bond acceptors (Lipinski definition) is 3. The van der Waals surface area contributed by atoms with Crippen LogP contribution < -0.4 is 5.73 Å². The Bertz CT molecular complexity index is 351. The summed E-state index contributed by atoms with van der Waals surface area (Å²) >= 11 is 0. The molecular weight excluding hydrogens is 222 g/mol. The number of hydrogen-bond donors (Lipinski definition) is 1. The molecule has 1 aliphatic heterocycles. The van der Waals surface area contributed by atoms with Gasteiger partial charge in [0.2, 0.25) is 0 Å². The van der Waals surface area contributed by atoms with Crippen LogP contribution in [0.2, 0.25) is 0 Å². The van der Waals surface area contributed by atoms with E-state index in [0.29, 0.717) is 0 Å². The average Bonchev–Trinajstić information content (AvgIpc) is 2.40. The van der Waals surface area contributed by atoms with Gasteiger partial charge in [-0.05, 0) is 24.6 Å². The smallest absolute Gasteiger partial charge is 0.0266 e. The Kier molecular flexibility index (Phi) is 4.75. The van der Waals surface area contributed by atoms with Crippen LogP contribution in [0.4, 0.5) is 0 Å². The van der Waals surface area contributed by atoms with Gasteiger partial charge in [-0.3, -0.25) is 4.90 Å². The summed E-state index contributed by atoms with van der Waals surface area (Å²) in [5.74, 6) is 0. The highest BCUT2D eigenvalue weighted by Gasteiger charge is 2.15. The fraction of sp³-hybridized carbons (Fsp3) is 0.600. The normalized spacial score (nSPS) is 19.9. The monoisotopic (exact) mass is 247 g/mol. The van der Waals surface area contributed by atoms with Gasteiger partial charge in [0.05, 0.1) is 0 Å². The van der Waals surface area contributed by atoms with Gasteiger partial charge < -0.3 is 10.6 Å². The SMILES string of the molecule is CCN1CCN(Cc2ccc(C(C)N)cc2)CC1. The van der Waals surface area contributed by atoms with Crippen molar-refractivity contribution in [2.45, 2.75) is 26.4 Å². The Morgan fingerprint density at radius 1 is 1.06 bits per heavy atom. The number of rotatable bonds is 4. The number of likely N-dealkylation sites (N-methyl/N-ethyl adjacent to an activating group) is 1. The topological polar surface area (TPSA) is 32.5 Å². The lowest BCUT2D eigenvalue weighted by molar-refractivity contribution is 0.132. The first kappa shape index (κ1) is 13.5. The third-order valence-electron chi connectivity index (χ3n) is 3.82. The van der Waals surface area contributed by atoms with Crippen molar-refractivity contribution in [3.8, 4) is 0 Å². The molecule has 18 heavy (non-hydrogen) atoms. The Hall–Kier alpha value is -0.900. The molecule has 0 amide bonds. The Morgan fingerprint density at radius 3 is 2.11 bits per heavy atom. The Balaban J connectivity index is 1.86. The van der Waals surface area contributed by atoms with Crippen molar-refractivity contribution >= 4 is 0 Å². The summed E-state index contributed by atoms with van der Waals surface area (Å²) in [6.45, 7) is 11.3. The van der Waals surface area contributed by atoms with Crippen molar-refractivity contribution in [1.82, 2.24) is 9.80 Å². The summed E-state index contributed by atoms with van der Waals surface area (Å²) in [4.78, 5) is 5.04. The molecular formula is C15H25N3. The van der Waals surface area contributed by atoms with Crippen molar-refractivity contribution in [1.29, 1.82) is 0 Å². The zero-order valence-electron chi connectivity index (χ0n) is 11.6. The molecule has 1 unspecified atom stereocenters. The third kappa shape index (κ3) is 3.55. The van der Waals surface area contributed by atoms with Crippen molar-refractivity contribution in [2.75, 3.05) is 32.7 Å². The van der Waals surface area contributed by atoms with Crippen LogP contribution in [-0.4, -0.2) is 42.5 Å². The van der Waals surface area contributed by atoms with Crippen molar-refractivity contribution in [3.63, 3.8) is 0 Å². The summed E-state index contributed by atoms with van der Waals surface area (Å²) < 4.78 is 0. The Morgan fingerprint density at radius 2 is 1.61 bits per heavy atom. The van der Waals surface area contributed by atoms with Gasteiger partial charge >= 0.3 is 0 Å². The molecule has 0 saturated carbocycles. The number of nitrogens with two attached hydrogens (primary N) is 1. The maximum Gasteiger partial charge on any atom is 0.0266 e. The molecule has 0 aliphatic carbocycles. The van der Waals surface area contributed by atoms with Crippen LogP contribution in [0, 0.1) is 0 Å². The predicted molar refractivity (Wildman–Crippen MR) is 76.4 cm³/mol. The standard InChI is InChI=1S/C15H25N3/c1-3-17-8-10-18(11-9-17)12-14-4-6-15(7-5-14)13(2)16/h4-7,13H,3,8-12,16H2,1-2H3. The number of nitrogens with zero attached hydrogens (tertiary/aromatic N) is 2. The van der Waals surface area contributed by atoms with E-state index in [0.717, 1.165) is 6.54 Å². The molecule has 3 nitrogen and oxygen atoms in total. The molecule has 0 aromatic heterocycles. The van der Waals surface area contributed by atoms with E-state index in [1.54, 1.807) is 0 Å². The maximum atomic E-state index is 5.86. The van der Waals surface area contributed by atoms with Crippen LogP contribution in [0.3, 0.4) is 0 Å². The van der Waals surface area contributed by atoms with E-state index in [4.69, 9.17) is 5.73 Å². The van der Waals surface area contributed by atoms with Gasteiger partial charge in [0.1, 0.15) is 0 Å². The van der Waals surface area contributed by atoms with Gasteiger partial charge in [0, 0.05) is 38.8 Å².